The predicted molar refractivity (Wildman–Crippen MR) is 78.7 cm³/mol. The standard InChI is InChI=1S/C14H21BrF3N3/c1-8(2)21-13(11(15)7-20-21)12(19)9-4-3-5-10(6-9)14(16,17)18/h7-10,12H,3-6,19H2,1-2H3. The fourth-order valence-electron chi connectivity index (χ4n) is 3.15. The van der Waals surface area contributed by atoms with Crippen molar-refractivity contribution in [2.24, 2.45) is 17.6 Å². The summed E-state index contributed by atoms with van der Waals surface area (Å²) < 4.78 is 41.4. The maximum Gasteiger partial charge on any atom is 0.391 e. The van der Waals surface area contributed by atoms with E-state index < -0.39 is 18.1 Å². The average molecular weight is 368 g/mol. The molecule has 0 radical (unpaired) electrons. The quantitative estimate of drug-likeness (QED) is 0.848. The topological polar surface area (TPSA) is 43.8 Å². The summed E-state index contributed by atoms with van der Waals surface area (Å²) in [5.41, 5.74) is 7.10. The number of nitrogens with two attached hydrogens (primary N) is 1. The Morgan fingerprint density at radius 3 is 2.62 bits per heavy atom. The fourth-order valence-corrected chi connectivity index (χ4v) is 3.69. The molecule has 0 saturated heterocycles. The molecule has 0 aromatic carbocycles. The first kappa shape index (κ1) is 16.8. The molecule has 120 valence electrons. The molecule has 0 amide bonds. The highest BCUT2D eigenvalue weighted by molar-refractivity contribution is 9.10. The van der Waals surface area contributed by atoms with Crippen molar-refractivity contribution < 1.29 is 13.2 Å². The third-order valence-electron chi connectivity index (χ3n) is 4.28. The number of hydrogen-bond acceptors (Lipinski definition) is 2. The molecule has 3 atom stereocenters. The number of halogens is 4. The average Bonchev–Trinajstić information content (AvgIpc) is 2.79. The zero-order valence-electron chi connectivity index (χ0n) is 12.2. The smallest absolute Gasteiger partial charge is 0.322 e. The maximum absolute atomic E-state index is 12.9. The molecule has 2 N–H and O–H groups in total. The molecule has 3 nitrogen and oxygen atoms in total. The highest BCUT2D eigenvalue weighted by Crippen LogP contribution is 2.44. The Balaban J connectivity index is 2.20. The van der Waals surface area contributed by atoms with Crippen LogP contribution in [0.25, 0.3) is 0 Å². The lowest BCUT2D eigenvalue weighted by Gasteiger charge is -2.34. The van der Waals surface area contributed by atoms with Crippen molar-refractivity contribution in [1.29, 1.82) is 0 Å². The Bertz CT molecular complexity index is 484. The number of nitrogens with zero attached hydrogens (tertiary/aromatic N) is 2. The molecule has 1 aliphatic rings. The van der Waals surface area contributed by atoms with Crippen LogP contribution in [0.15, 0.2) is 10.7 Å². The Hall–Kier alpha value is -0.560. The van der Waals surface area contributed by atoms with Gasteiger partial charge < -0.3 is 5.73 Å². The van der Waals surface area contributed by atoms with Gasteiger partial charge in [-0.1, -0.05) is 6.42 Å². The lowest BCUT2D eigenvalue weighted by atomic mass is 9.77. The summed E-state index contributed by atoms with van der Waals surface area (Å²) in [4.78, 5) is 0. The monoisotopic (exact) mass is 367 g/mol. The van der Waals surface area contributed by atoms with Gasteiger partial charge in [0.2, 0.25) is 0 Å². The normalized spacial score (nSPS) is 25.3. The molecule has 1 fully saturated rings. The molecule has 1 aromatic heterocycles. The van der Waals surface area contributed by atoms with Crippen LogP contribution in [0.3, 0.4) is 0 Å². The van der Waals surface area contributed by atoms with Crippen LogP contribution >= 0.6 is 15.9 Å². The van der Waals surface area contributed by atoms with E-state index in [1.165, 1.54) is 0 Å². The van der Waals surface area contributed by atoms with Gasteiger partial charge in [0, 0.05) is 6.04 Å². The van der Waals surface area contributed by atoms with Gasteiger partial charge in [-0.2, -0.15) is 18.3 Å². The molecule has 0 bridgehead atoms. The van der Waals surface area contributed by atoms with Crippen molar-refractivity contribution in [3.8, 4) is 0 Å². The van der Waals surface area contributed by atoms with E-state index in [1.54, 1.807) is 10.9 Å². The Morgan fingerprint density at radius 1 is 1.38 bits per heavy atom. The summed E-state index contributed by atoms with van der Waals surface area (Å²) in [5.74, 6) is -1.38. The van der Waals surface area contributed by atoms with E-state index in [9.17, 15) is 13.2 Å². The van der Waals surface area contributed by atoms with E-state index >= 15 is 0 Å². The van der Waals surface area contributed by atoms with Crippen molar-refractivity contribution in [2.45, 2.75) is 57.8 Å². The van der Waals surface area contributed by atoms with Gasteiger partial charge in [0.1, 0.15) is 0 Å². The van der Waals surface area contributed by atoms with Gasteiger partial charge in [0.25, 0.3) is 0 Å². The third kappa shape index (κ3) is 3.62. The fraction of sp³-hybridized carbons (Fsp3) is 0.786. The summed E-state index contributed by atoms with van der Waals surface area (Å²) >= 11 is 3.42. The van der Waals surface area contributed by atoms with Gasteiger partial charge in [0.15, 0.2) is 0 Å². The number of alkyl halides is 3. The number of aromatic nitrogens is 2. The lowest BCUT2D eigenvalue weighted by Crippen LogP contribution is -2.34. The summed E-state index contributed by atoms with van der Waals surface area (Å²) in [6.45, 7) is 3.96. The van der Waals surface area contributed by atoms with Crippen LogP contribution in [0, 0.1) is 11.8 Å². The summed E-state index contributed by atoms with van der Waals surface area (Å²) in [6, 6.07) is -0.297. The van der Waals surface area contributed by atoms with Crippen molar-refractivity contribution in [3.05, 3.63) is 16.4 Å². The van der Waals surface area contributed by atoms with Crippen molar-refractivity contribution >= 4 is 15.9 Å². The van der Waals surface area contributed by atoms with E-state index in [0.717, 1.165) is 16.6 Å². The van der Waals surface area contributed by atoms with E-state index in [0.29, 0.717) is 6.42 Å². The Kier molecular flexibility index (Phi) is 5.03. The second-order valence-corrected chi connectivity index (χ2v) is 6.96. The van der Waals surface area contributed by atoms with Crippen LogP contribution in [0.1, 0.15) is 57.3 Å². The second kappa shape index (κ2) is 6.28. The van der Waals surface area contributed by atoms with Crippen molar-refractivity contribution in [3.63, 3.8) is 0 Å². The molecular weight excluding hydrogens is 347 g/mol. The number of hydrogen-bond donors (Lipinski definition) is 1. The molecule has 2 rings (SSSR count). The molecule has 7 heteroatoms. The van der Waals surface area contributed by atoms with Crippen LogP contribution in [-0.2, 0) is 0 Å². The molecule has 21 heavy (non-hydrogen) atoms. The van der Waals surface area contributed by atoms with E-state index in [4.69, 9.17) is 5.73 Å². The van der Waals surface area contributed by atoms with Gasteiger partial charge in [0.05, 0.1) is 28.3 Å². The zero-order chi connectivity index (χ0) is 15.8. The van der Waals surface area contributed by atoms with Crippen molar-refractivity contribution in [1.82, 2.24) is 9.78 Å². The minimum atomic E-state index is -4.12. The predicted octanol–water partition coefficient (Wildman–Crippen LogP) is 4.60. The van der Waals surface area contributed by atoms with Gasteiger partial charge in [-0.15, -0.1) is 0 Å². The summed E-state index contributed by atoms with van der Waals surface area (Å²) in [6.07, 6.45) is -0.801. The molecule has 1 heterocycles. The van der Waals surface area contributed by atoms with Gasteiger partial charge in [-0.25, -0.2) is 0 Å². The molecule has 3 unspecified atom stereocenters. The summed E-state index contributed by atoms with van der Waals surface area (Å²) in [7, 11) is 0. The molecule has 0 spiro atoms. The van der Waals surface area contributed by atoms with Crippen LogP contribution in [0.5, 0.6) is 0 Å². The third-order valence-corrected chi connectivity index (χ3v) is 4.89. The molecular formula is C14H21BrF3N3. The minimum absolute atomic E-state index is 0.111. The van der Waals surface area contributed by atoms with Crippen molar-refractivity contribution in [2.75, 3.05) is 0 Å². The van der Waals surface area contributed by atoms with Crippen LogP contribution in [0.2, 0.25) is 0 Å². The van der Waals surface area contributed by atoms with Crippen LogP contribution in [-0.4, -0.2) is 16.0 Å². The summed E-state index contributed by atoms with van der Waals surface area (Å²) in [5, 5.41) is 4.27. The number of rotatable bonds is 3. The molecule has 0 aliphatic heterocycles. The Labute approximate surface area is 131 Å². The first-order valence-electron chi connectivity index (χ1n) is 7.27. The first-order valence-corrected chi connectivity index (χ1v) is 8.06. The maximum atomic E-state index is 12.9. The van der Waals surface area contributed by atoms with Gasteiger partial charge >= 0.3 is 6.18 Å². The van der Waals surface area contributed by atoms with Gasteiger partial charge in [-0.3, -0.25) is 4.68 Å². The van der Waals surface area contributed by atoms with E-state index in [2.05, 4.69) is 21.0 Å². The minimum Gasteiger partial charge on any atom is -0.322 e. The van der Waals surface area contributed by atoms with Crippen LogP contribution in [0.4, 0.5) is 13.2 Å². The highest BCUT2D eigenvalue weighted by Gasteiger charge is 2.43. The molecule has 1 aromatic rings. The Morgan fingerprint density at radius 2 is 2.05 bits per heavy atom. The SMILES string of the molecule is CC(C)n1ncc(Br)c1C(N)C1CCCC(C(F)(F)F)C1. The largest absolute Gasteiger partial charge is 0.391 e. The highest BCUT2D eigenvalue weighted by atomic mass is 79.9. The second-order valence-electron chi connectivity index (χ2n) is 6.11. The first-order chi connectivity index (χ1) is 9.71. The van der Waals surface area contributed by atoms with E-state index in [1.807, 2.05) is 13.8 Å². The van der Waals surface area contributed by atoms with Gasteiger partial charge in [-0.05, 0) is 55.0 Å². The molecule has 1 saturated carbocycles. The molecule has 1 aliphatic carbocycles. The van der Waals surface area contributed by atoms with Crippen LogP contribution < -0.4 is 5.73 Å². The van der Waals surface area contributed by atoms with E-state index in [-0.39, 0.29) is 24.8 Å². The lowest BCUT2D eigenvalue weighted by molar-refractivity contribution is -0.186. The zero-order valence-corrected chi connectivity index (χ0v) is 13.8.